The highest BCUT2D eigenvalue weighted by atomic mass is 16.5. The highest BCUT2D eigenvalue weighted by molar-refractivity contribution is 6.31. The van der Waals surface area contributed by atoms with Gasteiger partial charge in [0.15, 0.2) is 17.1 Å². The largest absolute Gasteiger partial charge is 0.454 e. The van der Waals surface area contributed by atoms with Crippen molar-refractivity contribution in [1.82, 2.24) is 4.98 Å². The van der Waals surface area contributed by atoms with Crippen LogP contribution in [0.4, 0.5) is 17.1 Å². The van der Waals surface area contributed by atoms with Crippen LogP contribution in [0.25, 0.3) is 54.9 Å². The zero-order chi connectivity index (χ0) is 26.9. The number of benzene rings is 6. The molecule has 0 aliphatic carbocycles. The second-order valence-electron chi connectivity index (χ2n) is 10.3. The highest BCUT2D eigenvalue weighted by Crippen LogP contribution is 2.54. The van der Waals surface area contributed by atoms with E-state index < -0.39 is 0 Å². The van der Waals surface area contributed by atoms with Crippen LogP contribution in [0.2, 0.25) is 0 Å². The molecule has 1 aliphatic heterocycles. The second kappa shape index (κ2) is 8.44. The minimum Gasteiger partial charge on any atom is -0.454 e. The van der Waals surface area contributed by atoms with Gasteiger partial charge >= 0.3 is 0 Å². The molecule has 0 saturated heterocycles. The maximum Gasteiger partial charge on any atom is 0.160 e. The molecule has 1 aliphatic rings. The van der Waals surface area contributed by atoms with Crippen LogP contribution >= 0.6 is 0 Å². The molecule has 9 rings (SSSR count). The third-order valence-corrected chi connectivity index (χ3v) is 8.01. The minimum absolute atomic E-state index is 0.801. The molecule has 192 valence electrons. The van der Waals surface area contributed by atoms with Crippen molar-refractivity contribution in [2.75, 3.05) is 4.90 Å². The average Bonchev–Trinajstić information content (AvgIpc) is 3.43. The Balaban J connectivity index is 1.52. The molecule has 0 N–H and O–H groups in total. The van der Waals surface area contributed by atoms with E-state index in [0.29, 0.717) is 0 Å². The third-order valence-electron chi connectivity index (χ3n) is 8.01. The summed E-state index contributed by atoms with van der Waals surface area (Å²) in [6.07, 6.45) is 0. The Morgan fingerprint density at radius 3 is 1.93 bits per heavy atom. The molecule has 8 aromatic rings. The summed E-state index contributed by atoms with van der Waals surface area (Å²) in [5.74, 6) is 1.60. The van der Waals surface area contributed by atoms with Crippen LogP contribution in [0, 0.1) is 0 Å². The Labute approximate surface area is 235 Å². The van der Waals surface area contributed by atoms with Gasteiger partial charge in [-0.2, -0.15) is 0 Å². The normalized spacial score (nSPS) is 12.5. The van der Waals surface area contributed by atoms with Crippen LogP contribution in [0.1, 0.15) is 0 Å². The summed E-state index contributed by atoms with van der Waals surface area (Å²) in [5.41, 5.74) is 7.53. The van der Waals surface area contributed by atoms with Crippen LogP contribution in [0.3, 0.4) is 0 Å². The smallest absolute Gasteiger partial charge is 0.160 e. The maximum atomic E-state index is 6.77. The summed E-state index contributed by atoms with van der Waals surface area (Å²) in [6.45, 7) is 0. The van der Waals surface area contributed by atoms with Crippen LogP contribution in [-0.4, -0.2) is 4.98 Å². The van der Waals surface area contributed by atoms with Gasteiger partial charge in [-0.25, -0.2) is 4.98 Å². The van der Waals surface area contributed by atoms with E-state index in [1.807, 2.05) is 54.6 Å². The number of nitrogens with zero attached hydrogens (tertiary/aromatic N) is 2. The van der Waals surface area contributed by atoms with Crippen molar-refractivity contribution in [2.24, 2.45) is 0 Å². The van der Waals surface area contributed by atoms with Gasteiger partial charge in [0.2, 0.25) is 0 Å². The van der Waals surface area contributed by atoms with Gasteiger partial charge in [0.05, 0.1) is 28.3 Å². The first-order valence-corrected chi connectivity index (χ1v) is 13.7. The summed E-state index contributed by atoms with van der Waals surface area (Å²) in [5, 5.41) is 5.50. The molecule has 0 bridgehead atoms. The first-order valence-electron chi connectivity index (χ1n) is 13.7. The van der Waals surface area contributed by atoms with Crippen LogP contribution < -0.4 is 9.64 Å². The summed E-state index contributed by atoms with van der Waals surface area (Å²) in [4.78, 5) is 7.51. The third kappa shape index (κ3) is 3.19. The Hall–Kier alpha value is -5.61. The quantitative estimate of drug-likeness (QED) is 0.210. The van der Waals surface area contributed by atoms with E-state index in [2.05, 4.69) is 83.8 Å². The summed E-state index contributed by atoms with van der Waals surface area (Å²) < 4.78 is 13.1. The second-order valence-corrected chi connectivity index (χ2v) is 10.3. The standard InChI is InChI=1S/C37H22N2O2/c1-2-12-23(13-3-1)36-26-22-30(39-28-17-7-10-20-32(28)40-33-21-11-8-18-29(33)39)37-35(25-15-5-9-19-31(25)41-37)34(26)24-14-4-6-16-27(24)38-36/h1-22H. The van der Waals surface area contributed by atoms with Gasteiger partial charge in [0.25, 0.3) is 0 Å². The van der Waals surface area contributed by atoms with Gasteiger partial charge in [-0.15, -0.1) is 0 Å². The van der Waals surface area contributed by atoms with E-state index in [-0.39, 0.29) is 0 Å². The molecule has 6 aromatic carbocycles. The lowest BCUT2D eigenvalue weighted by Crippen LogP contribution is -2.16. The molecule has 0 amide bonds. The van der Waals surface area contributed by atoms with E-state index in [1.54, 1.807) is 0 Å². The highest BCUT2D eigenvalue weighted by Gasteiger charge is 2.30. The summed E-state index contributed by atoms with van der Waals surface area (Å²) in [7, 11) is 0. The van der Waals surface area contributed by atoms with E-state index in [9.17, 15) is 0 Å². The van der Waals surface area contributed by atoms with Gasteiger partial charge < -0.3 is 9.15 Å². The van der Waals surface area contributed by atoms with Gasteiger partial charge in [-0.3, -0.25) is 4.90 Å². The summed E-state index contributed by atoms with van der Waals surface area (Å²) in [6, 6.07) is 45.7. The molecule has 41 heavy (non-hydrogen) atoms. The number of anilines is 3. The van der Waals surface area contributed by atoms with Crippen molar-refractivity contribution in [3.63, 3.8) is 0 Å². The number of hydrogen-bond acceptors (Lipinski definition) is 4. The number of pyridine rings is 1. The number of ether oxygens (including phenoxy) is 1. The van der Waals surface area contributed by atoms with Gasteiger partial charge in [-0.1, -0.05) is 91.0 Å². The molecular formula is C37H22N2O2. The molecule has 0 unspecified atom stereocenters. The van der Waals surface area contributed by atoms with Gasteiger partial charge in [0.1, 0.15) is 5.58 Å². The molecule has 4 heteroatoms. The van der Waals surface area contributed by atoms with Gasteiger partial charge in [-0.05, 0) is 42.5 Å². The lowest BCUT2D eigenvalue weighted by molar-refractivity contribution is 0.477. The number of furan rings is 1. The predicted octanol–water partition coefficient (Wildman–Crippen LogP) is 10.5. The minimum atomic E-state index is 0.801. The van der Waals surface area contributed by atoms with Crippen LogP contribution in [0.15, 0.2) is 138 Å². The van der Waals surface area contributed by atoms with Crippen molar-refractivity contribution in [3.8, 4) is 22.8 Å². The molecule has 4 nitrogen and oxygen atoms in total. The predicted molar refractivity (Wildman–Crippen MR) is 167 cm³/mol. The zero-order valence-corrected chi connectivity index (χ0v) is 21.9. The lowest BCUT2D eigenvalue weighted by atomic mass is 9.94. The molecule has 0 atom stereocenters. The fraction of sp³-hybridized carbons (Fsp3) is 0. The van der Waals surface area contributed by atoms with Gasteiger partial charge in [0, 0.05) is 32.5 Å². The number of fused-ring (bicyclic) bond motifs is 9. The Kier molecular flexibility index (Phi) is 4.58. The fourth-order valence-electron chi connectivity index (χ4n) is 6.26. The Morgan fingerprint density at radius 1 is 0.512 bits per heavy atom. The van der Waals surface area contributed by atoms with Crippen molar-refractivity contribution in [1.29, 1.82) is 0 Å². The van der Waals surface area contributed by atoms with Crippen molar-refractivity contribution >= 4 is 60.7 Å². The molecule has 3 heterocycles. The van der Waals surface area contributed by atoms with Crippen LogP contribution in [-0.2, 0) is 0 Å². The molecule has 0 fully saturated rings. The molecule has 0 saturated carbocycles. The van der Waals surface area contributed by atoms with E-state index in [1.165, 1.54) is 0 Å². The molecular weight excluding hydrogens is 504 g/mol. The first-order chi connectivity index (χ1) is 20.3. The van der Waals surface area contributed by atoms with Crippen molar-refractivity contribution in [3.05, 3.63) is 133 Å². The monoisotopic (exact) mass is 526 g/mol. The lowest BCUT2D eigenvalue weighted by Gasteiger charge is -2.33. The SMILES string of the molecule is c1ccc(-c2nc3ccccc3c3c2cc(N2c4ccccc4Oc4ccccc42)c2oc4ccccc4c23)cc1. The molecule has 0 radical (unpaired) electrons. The molecule has 0 spiro atoms. The number of aromatic nitrogens is 1. The number of para-hydroxylation sites is 6. The first kappa shape index (κ1) is 22.2. The van der Waals surface area contributed by atoms with Crippen LogP contribution in [0.5, 0.6) is 11.5 Å². The van der Waals surface area contributed by atoms with E-state index in [0.717, 1.165) is 83.4 Å². The Bertz CT molecular complexity index is 2260. The van der Waals surface area contributed by atoms with Crippen molar-refractivity contribution in [2.45, 2.75) is 0 Å². The number of rotatable bonds is 2. The average molecular weight is 527 g/mol. The topological polar surface area (TPSA) is 38.5 Å². The van der Waals surface area contributed by atoms with E-state index in [4.69, 9.17) is 14.1 Å². The number of hydrogen-bond donors (Lipinski definition) is 0. The Morgan fingerprint density at radius 2 is 1.15 bits per heavy atom. The summed E-state index contributed by atoms with van der Waals surface area (Å²) >= 11 is 0. The van der Waals surface area contributed by atoms with E-state index >= 15 is 0 Å². The zero-order valence-electron chi connectivity index (χ0n) is 21.9. The molecule has 2 aromatic heterocycles. The fourth-order valence-corrected chi connectivity index (χ4v) is 6.26. The maximum absolute atomic E-state index is 6.77. The van der Waals surface area contributed by atoms with Crippen molar-refractivity contribution < 1.29 is 9.15 Å².